The molecule has 0 saturated carbocycles. The predicted molar refractivity (Wildman–Crippen MR) is 71.2 cm³/mol. The summed E-state index contributed by atoms with van der Waals surface area (Å²) in [7, 11) is 0. The third-order valence-electron chi connectivity index (χ3n) is 3.91. The number of carboxylic acids is 1. The maximum absolute atomic E-state index is 11.4. The molecule has 0 amide bonds. The Morgan fingerprint density at radius 1 is 1.16 bits per heavy atom. The van der Waals surface area contributed by atoms with Crippen LogP contribution in [0.4, 0.5) is 0 Å². The average Bonchev–Trinajstić information content (AvgIpc) is 2.81. The lowest BCUT2D eigenvalue weighted by atomic mass is 9.89. The fourth-order valence-corrected chi connectivity index (χ4v) is 2.95. The van der Waals surface area contributed by atoms with E-state index < -0.39 is 5.97 Å². The van der Waals surface area contributed by atoms with Crippen LogP contribution < -0.4 is 0 Å². The standard InChI is InChI=1S/C16H14O3/c17-13-6-8-15-12(9-13)5-7-14(15)10-1-3-11(4-2-10)16(18)19/h1-4,6,8,14H,5,7,9H2,(H,18,19). The van der Waals surface area contributed by atoms with E-state index in [2.05, 4.69) is 0 Å². The minimum atomic E-state index is -0.902. The Morgan fingerprint density at radius 3 is 2.58 bits per heavy atom. The fourth-order valence-electron chi connectivity index (χ4n) is 2.95. The van der Waals surface area contributed by atoms with Crippen LogP contribution in [0.15, 0.2) is 47.6 Å². The van der Waals surface area contributed by atoms with E-state index in [1.54, 1.807) is 18.2 Å². The molecule has 0 bridgehead atoms. The first-order valence-corrected chi connectivity index (χ1v) is 6.41. The van der Waals surface area contributed by atoms with E-state index in [0.717, 1.165) is 18.4 Å². The molecule has 1 N–H and O–H groups in total. The molecule has 19 heavy (non-hydrogen) atoms. The minimum absolute atomic E-state index is 0.181. The topological polar surface area (TPSA) is 54.4 Å². The van der Waals surface area contributed by atoms with Gasteiger partial charge in [0.25, 0.3) is 0 Å². The van der Waals surface area contributed by atoms with Crippen LogP contribution in [0, 0.1) is 0 Å². The molecule has 96 valence electrons. The highest BCUT2D eigenvalue weighted by atomic mass is 16.4. The number of rotatable bonds is 2. The molecule has 2 aliphatic rings. The van der Waals surface area contributed by atoms with Gasteiger partial charge in [-0.3, -0.25) is 4.79 Å². The van der Waals surface area contributed by atoms with Crippen LogP contribution in [0.1, 0.15) is 41.1 Å². The molecule has 1 aromatic rings. The van der Waals surface area contributed by atoms with E-state index in [-0.39, 0.29) is 5.78 Å². The Morgan fingerprint density at radius 2 is 1.89 bits per heavy atom. The van der Waals surface area contributed by atoms with Gasteiger partial charge in [0.15, 0.2) is 5.78 Å². The van der Waals surface area contributed by atoms with Gasteiger partial charge in [-0.2, -0.15) is 0 Å². The summed E-state index contributed by atoms with van der Waals surface area (Å²) in [5.74, 6) is -0.413. The van der Waals surface area contributed by atoms with E-state index in [1.165, 1.54) is 11.1 Å². The molecule has 3 heteroatoms. The van der Waals surface area contributed by atoms with Gasteiger partial charge in [-0.1, -0.05) is 23.8 Å². The maximum Gasteiger partial charge on any atom is 0.335 e. The molecular formula is C16H14O3. The zero-order valence-corrected chi connectivity index (χ0v) is 10.4. The van der Waals surface area contributed by atoms with Gasteiger partial charge in [-0.05, 0) is 42.2 Å². The molecule has 0 fully saturated rings. The number of benzene rings is 1. The molecule has 1 unspecified atom stereocenters. The van der Waals surface area contributed by atoms with Gasteiger partial charge >= 0.3 is 5.97 Å². The maximum atomic E-state index is 11.4. The highest BCUT2D eigenvalue weighted by Crippen LogP contribution is 2.42. The van der Waals surface area contributed by atoms with Crippen molar-refractivity contribution in [1.29, 1.82) is 0 Å². The van der Waals surface area contributed by atoms with Crippen LogP contribution >= 0.6 is 0 Å². The molecule has 0 aromatic heterocycles. The van der Waals surface area contributed by atoms with E-state index in [1.807, 2.05) is 18.2 Å². The number of ketones is 1. The van der Waals surface area contributed by atoms with Crippen LogP contribution in [-0.2, 0) is 4.79 Å². The second-order valence-electron chi connectivity index (χ2n) is 5.05. The summed E-state index contributed by atoms with van der Waals surface area (Å²) in [5, 5.41) is 8.90. The molecule has 3 nitrogen and oxygen atoms in total. The summed E-state index contributed by atoms with van der Waals surface area (Å²) in [5.41, 5.74) is 3.95. The lowest BCUT2D eigenvalue weighted by molar-refractivity contribution is -0.114. The zero-order valence-electron chi connectivity index (χ0n) is 10.4. The van der Waals surface area contributed by atoms with E-state index in [9.17, 15) is 9.59 Å². The highest BCUT2D eigenvalue weighted by molar-refractivity contribution is 5.94. The number of hydrogen-bond donors (Lipinski definition) is 1. The van der Waals surface area contributed by atoms with E-state index in [4.69, 9.17) is 5.11 Å². The van der Waals surface area contributed by atoms with Gasteiger partial charge in [0.05, 0.1) is 5.56 Å². The van der Waals surface area contributed by atoms with Gasteiger partial charge in [0.1, 0.15) is 0 Å². The summed E-state index contributed by atoms with van der Waals surface area (Å²) >= 11 is 0. The van der Waals surface area contributed by atoms with E-state index >= 15 is 0 Å². The van der Waals surface area contributed by atoms with Crippen LogP contribution in [0.5, 0.6) is 0 Å². The first kappa shape index (κ1) is 11.9. The Balaban J connectivity index is 1.90. The van der Waals surface area contributed by atoms with Crippen molar-refractivity contribution in [2.45, 2.75) is 25.2 Å². The Bertz CT molecular complexity index is 605. The molecule has 0 spiro atoms. The predicted octanol–water partition coefficient (Wildman–Crippen LogP) is 3.09. The normalized spacial score (nSPS) is 21.7. The van der Waals surface area contributed by atoms with Crippen LogP contribution in [0.2, 0.25) is 0 Å². The van der Waals surface area contributed by atoms with Gasteiger partial charge < -0.3 is 5.11 Å². The molecule has 1 aromatic carbocycles. The van der Waals surface area contributed by atoms with Gasteiger partial charge in [-0.25, -0.2) is 4.79 Å². The van der Waals surface area contributed by atoms with Crippen molar-refractivity contribution in [3.8, 4) is 0 Å². The van der Waals surface area contributed by atoms with Crippen LogP contribution in [-0.4, -0.2) is 16.9 Å². The largest absolute Gasteiger partial charge is 0.478 e. The van der Waals surface area contributed by atoms with Crippen molar-refractivity contribution in [2.75, 3.05) is 0 Å². The van der Waals surface area contributed by atoms with Gasteiger partial charge in [0.2, 0.25) is 0 Å². The fraction of sp³-hybridized carbons (Fsp3) is 0.250. The first-order valence-electron chi connectivity index (χ1n) is 6.41. The SMILES string of the molecule is O=C1C=CC2=C(CCC2c2ccc(C(=O)O)cc2)C1. The van der Waals surface area contributed by atoms with Crippen molar-refractivity contribution < 1.29 is 14.7 Å². The highest BCUT2D eigenvalue weighted by Gasteiger charge is 2.28. The summed E-state index contributed by atoms with van der Waals surface area (Å²) in [6.07, 6.45) is 6.12. The Labute approximate surface area is 111 Å². The van der Waals surface area contributed by atoms with Crippen LogP contribution in [0.25, 0.3) is 0 Å². The number of hydrogen-bond acceptors (Lipinski definition) is 2. The molecular weight excluding hydrogens is 240 g/mol. The van der Waals surface area contributed by atoms with Gasteiger partial charge in [-0.15, -0.1) is 0 Å². The molecule has 1 atom stereocenters. The van der Waals surface area contributed by atoms with Crippen molar-refractivity contribution in [3.05, 3.63) is 58.7 Å². The molecule has 2 aliphatic carbocycles. The number of carbonyl (C=O) groups is 2. The first-order chi connectivity index (χ1) is 9.15. The zero-order chi connectivity index (χ0) is 13.4. The van der Waals surface area contributed by atoms with Crippen molar-refractivity contribution >= 4 is 11.8 Å². The summed E-state index contributed by atoms with van der Waals surface area (Å²) in [6.45, 7) is 0. The number of carboxylic acid groups (broad SMARTS) is 1. The Hall–Kier alpha value is -2.16. The third-order valence-corrected chi connectivity index (χ3v) is 3.91. The second-order valence-corrected chi connectivity index (χ2v) is 5.05. The number of aromatic carboxylic acids is 1. The quantitative estimate of drug-likeness (QED) is 0.882. The molecule has 3 rings (SSSR count). The van der Waals surface area contributed by atoms with Gasteiger partial charge in [0, 0.05) is 12.3 Å². The minimum Gasteiger partial charge on any atom is -0.478 e. The molecule has 0 radical (unpaired) electrons. The molecule has 0 saturated heterocycles. The molecule has 0 heterocycles. The number of carbonyl (C=O) groups excluding carboxylic acids is 1. The van der Waals surface area contributed by atoms with Crippen molar-refractivity contribution in [1.82, 2.24) is 0 Å². The lowest BCUT2D eigenvalue weighted by Gasteiger charge is -2.15. The van der Waals surface area contributed by atoms with E-state index in [0.29, 0.717) is 17.9 Å². The van der Waals surface area contributed by atoms with Crippen molar-refractivity contribution in [3.63, 3.8) is 0 Å². The monoisotopic (exact) mass is 254 g/mol. The molecule has 0 aliphatic heterocycles. The van der Waals surface area contributed by atoms with Crippen LogP contribution in [0.3, 0.4) is 0 Å². The summed E-state index contributed by atoms with van der Waals surface area (Å²) in [4.78, 5) is 22.2. The van der Waals surface area contributed by atoms with Crippen molar-refractivity contribution in [2.24, 2.45) is 0 Å². The average molecular weight is 254 g/mol. The lowest BCUT2D eigenvalue weighted by Crippen LogP contribution is -2.04. The summed E-state index contributed by atoms with van der Waals surface area (Å²) in [6, 6.07) is 7.06. The smallest absolute Gasteiger partial charge is 0.335 e. The Kier molecular flexibility index (Phi) is 2.82. The number of allylic oxidation sites excluding steroid dienone is 4. The third kappa shape index (κ3) is 2.12. The summed E-state index contributed by atoms with van der Waals surface area (Å²) < 4.78 is 0. The second kappa shape index (κ2) is 4.50.